The highest BCUT2D eigenvalue weighted by atomic mass is 16.5. The van der Waals surface area contributed by atoms with Crippen molar-refractivity contribution < 1.29 is 9.84 Å². The first-order valence-electron chi connectivity index (χ1n) is 7.28. The van der Waals surface area contributed by atoms with Gasteiger partial charge in [0.15, 0.2) is 0 Å². The molecule has 0 aromatic heterocycles. The number of fused-ring (bicyclic) bond motifs is 1. The number of rotatable bonds is 4. The standard InChI is InChI=1S/C18H18N2O2/c1-22-14-8-6-12(7-9-14)16(11-19)20-18-15-5-3-2-4-13(15)10-17(18)21/h2-9,16-18,20-21H,10H2,1H3/t16-,17+,18-/m0/s1. The molecule has 3 atom stereocenters. The summed E-state index contributed by atoms with van der Waals surface area (Å²) in [5.74, 6) is 0.756. The van der Waals surface area contributed by atoms with E-state index in [1.807, 2.05) is 48.5 Å². The largest absolute Gasteiger partial charge is 0.497 e. The molecule has 0 radical (unpaired) electrons. The maximum atomic E-state index is 10.3. The van der Waals surface area contributed by atoms with Crippen LogP contribution in [0, 0.1) is 11.3 Å². The van der Waals surface area contributed by atoms with Crippen molar-refractivity contribution in [1.82, 2.24) is 5.32 Å². The van der Waals surface area contributed by atoms with E-state index in [0.717, 1.165) is 22.4 Å². The molecule has 0 amide bonds. The third kappa shape index (κ3) is 2.69. The molecular formula is C18H18N2O2. The molecule has 22 heavy (non-hydrogen) atoms. The molecule has 0 saturated carbocycles. The van der Waals surface area contributed by atoms with Gasteiger partial charge in [0, 0.05) is 6.42 Å². The number of hydrogen-bond acceptors (Lipinski definition) is 4. The zero-order valence-electron chi connectivity index (χ0n) is 12.4. The SMILES string of the molecule is COc1ccc([C@H](C#N)N[C@H]2c3ccccc3C[C@H]2O)cc1. The summed E-state index contributed by atoms with van der Waals surface area (Å²) in [4.78, 5) is 0. The number of aliphatic hydroxyl groups excluding tert-OH is 1. The average Bonchev–Trinajstić information content (AvgIpc) is 2.88. The van der Waals surface area contributed by atoms with Gasteiger partial charge in [-0.15, -0.1) is 0 Å². The molecule has 0 spiro atoms. The molecule has 0 aliphatic heterocycles. The molecule has 2 N–H and O–H groups in total. The highest BCUT2D eigenvalue weighted by molar-refractivity contribution is 5.38. The molecule has 0 fully saturated rings. The second-order valence-electron chi connectivity index (χ2n) is 5.45. The van der Waals surface area contributed by atoms with E-state index in [2.05, 4.69) is 11.4 Å². The van der Waals surface area contributed by atoms with E-state index in [-0.39, 0.29) is 6.04 Å². The van der Waals surface area contributed by atoms with E-state index in [4.69, 9.17) is 4.74 Å². The van der Waals surface area contributed by atoms with Gasteiger partial charge in [-0.3, -0.25) is 5.32 Å². The summed E-state index contributed by atoms with van der Waals surface area (Å²) in [6, 6.07) is 16.9. The van der Waals surface area contributed by atoms with Crippen molar-refractivity contribution in [2.24, 2.45) is 0 Å². The van der Waals surface area contributed by atoms with E-state index in [0.29, 0.717) is 6.42 Å². The topological polar surface area (TPSA) is 65.3 Å². The highest BCUT2D eigenvalue weighted by Gasteiger charge is 2.32. The first kappa shape index (κ1) is 14.6. The zero-order valence-corrected chi connectivity index (χ0v) is 12.4. The highest BCUT2D eigenvalue weighted by Crippen LogP contribution is 2.33. The first-order chi connectivity index (χ1) is 10.7. The summed E-state index contributed by atoms with van der Waals surface area (Å²) in [5, 5.41) is 23.0. The van der Waals surface area contributed by atoms with Gasteiger partial charge in [-0.2, -0.15) is 5.26 Å². The lowest BCUT2D eigenvalue weighted by Crippen LogP contribution is -2.31. The summed E-state index contributed by atoms with van der Waals surface area (Å²) in [5.41, 5.74) is 3.07. The number of benzene rings is 2. The van der Waals surface area contributed by atoms with Crippen molar-refractivity contribution in [1.29, 1.82) is 5.26 Å². The van der Waals surface area contributed by atoms with Crippen molar-refractivity contribution in [3.63, 3.8) is 0 Å². The van der Waals surface area contributed by atoms with Gasteiger partial charge >= 0.3 is 0 Å². The fraction of sp³-hybridized carbons (Fsp3) is 0.278. The summed E-state index contributed by atoms with van der Waals surface area (Å²) in [6.07, 6.45) is 0.112. The van der Waals surface area contributed by atoms with Crippen molar-refractivity contribution in [3.8, 4) is 11.8 Å². The molecule has 0 unspecified atom stereocenters. The van der Waals surface area contributed by atoms with Gasteiger partial charge in [0.05, 0.1) is 25.3 Å². The van der Waals surface area contributed by atoms with Crippen molar-refractivity contribution in [3.05, 3.63) is 65.2 Å². The molecule has 112 valence electrons. The Hall–Kier alpha value is -2.35. The van der Waals surface area contributed by atoms with E-state index in [1.54, 1.807) is 7.11 Å². The van der Waals surface area contributed by atoms with Crippen LogP contribution in [0.3, 0.4) is 0 Å². The number of nitriles is 1. The molecule has 1 aliphatic rings. The monoisotopic (exact) mass is 294 g/mol. The Bertz CT molecular complexity index is 691. The lowest BCUT2D eigenvalue weighted by molar-refractivity contribution is 0.138. The van der Waals surface area contributed by atoms with Crippen LogP contribution in [0.15, 0.2) is 48.5 Å². The summed E-state index contributed by atoms with van der Waals surface area (Å²) < 4.78 is 5.14. The molecule has 0 bridgehead atoms. The minimum atomic E-state index is -0.508. The minimum absolute atomic E-state index is 0.219. The Morgan fingerprint density at radius 2 is 1.95 bits per heavy atom. The normalized spacial score (nSPS) is 21.0. The molecule has 2 aromatic carbocycles. The third-order valence-electron chi connectivity index (χ3n) is 4.13. The second kappa shape index (κ2) is 6.18. The van der Waals surface area contributed by atoms with Crippen LogP contribution in [0.4, 0.5) is 0 Å². The first-order valence-corrected chi connectivity index (χ1v) is 7.28. The minimum Gasteiger partial charge on any atom is -0.497 e. The van der Waals surface area contributed by atoms with Crippen LogP contribution in [0.25, 0.3) is 0 Å². The Morgan fingerprint density at radius 1 is 1.23 bits per heavy atom. The number of nitrogens with zero attached hydrogens (tertiary/aromatic N) is 1. The van der Waals surface area contributed by atoms with Crippen LogP contribution >= 0.6 is 0 Å². The molecular weight excluding hydrogens is 276 g/mol. The van der Waals surface area contributed by atoms with E-state index < -0.39 is 12.1 Å². The number of aliphatic hydroxyl groups is 1. The smallest absolute Gasteiger partial charge is 0.121 e. The summed E-state index contributed by atoms with van der Waals surface area (Å²) >= 11 is 0. The number of ether oxygens (including phenoxy) is 1. The third-order valence-corrected chi connectivity index (χ3v) is 4.13. The fourth-order valence-electron chi connectivity index (χ4n) is 2.96. The maximum Gasteiger partial charge on any atom is 0.121 e. The molecule has 0 saturated heterocycles. The van der Waals surface area contributed by atoms with Gasteiger partial charge in [-0.05, 0) is 28.8 Å². The lowest BCUT2D eigenvalue weighted by Gasteiger charge is -2.22. The van der Waals surface area contributed by atoms with Crippen LogP contribution in [-0.4, -0.2) is 18.3 Å². The van der Waals surface area contributed by atoms with E-state index >= 15 is 0 Å². The lowest BCUT2D eigenvalue weighted by atomic mass is 10.0. The second-order valence-corrected chi connectivity index (χ2v) is 5.45. The van der Waals surface area contributed by atoms with Crippen LogP contribution in [0.5, 0.6) is 5.75 Å². The Morgan fingerprint density at radius 3 is 2.64 bits per heavy atom. The van der Waals surface area contributed by atoms with Crippen LogP contribution in [0.1, 0.15) is 28.8 Å². The number of hydrogen-bond donors (Lipinski definition) is 2. The molecule has 1 aliphatic carbocycles. The van der Waals surface area contributed by atoms with Crippen LogP contribution in [0.2, 0.25) is 0 Å². The average molecular weight is 294 g/mol. The van der Waals surface area contributed by atoms with Gasteiger partial charge in [-0.1, -0.05) is 36.4 Å². The Kier molecular flexibility index (Phi) is 4.10. The van der Waals surface area contributed by atoms with Gasteiger partial charge in [-0.25, -0.2) is 0 Å². The van der Waals surface area contributed by atoms with Crippen LogP contribution < -0.4 is 10.1 Å². The van der Waals surface area contributed by atoms with Crippen molar-refractivity contribution in [2.75, 3.05) is 7.11 Å². The van der Waals surface area contributed by atoms with Gasteiger partial charge in [0.2, 0.25) is 0 Å². The maximum absolute atomic E-state index is 10.3. The summed E-state index contributed by atoms with van der Waals surface area (Å²) in [6.45, 7) is 0. The van der Waals surface area contributed by atoms with Gasteiger partial charge in [0.1, 0.15) is 11.8 Å². The van der Waals surface area contributed by atoms with Gasteiger partial charge < -0.3 is 9.84 Å². The van der Waals surface area contributed by atoms with E-state index in [1.165, 1.54) is 0 Å². The molecule has 4 nitrogen and oxygen atoms in total. The molecule has 4 heteroatoms. The number of methoxy groups -OCH3 is 1. The molecule has 2 aromatic rings. The predicted octanol–water partition coefficient (Wildman–Crippen LogP) is 2.51. The quantitative estimate of drug-likeness (QED) is 0.909. The summed E-state index contributed by atoms with van der Waals surface area (Å²) in [7, 11) is 1.61. The van der Waals surface area contributed by atoms with Gasteiger partial charge in [0.25, 0.3) is 0 Å². The van der Waals surface area contributed by atoms with Crippen molar-refractivity contribution >= 4 is 0 Å². The Balaban J connectivity index is 1.82. The zero-order chi connectivity index (χ0) is 15.5. The number of nitrogens with one attached hydrogen (secondary N) is 1. The molecule has 0 heterocycles. The van der Waals surface area contributed by atoms with Crippen LogP contribution in [-0.2, 0) is 6.42 Å². The van der Waals surface area contributed by atoms with E-state index in [9.17, 15) is 10.4 Å². The predicted molar refractivity (Wildman–Crippen MR) is 83.4 cm³/mol. The molecule has 3 rings (SSSR count). The fourth-order valence-corrected chi connectivity index (χ4v) is 2.96. The van der Waals surface area contributed by atoms with Crippen molar-refractivity contribution in [2.45, 2.75) is 24.6 Å². The Labute approximate surface area is 130 Å².